The molecule has 4 nitrogen and oxygen atoms in total. The first-order chi connectivity index (χ1) is 14.4. The molecule has 0 spiro atoms. The fourth-order valence-electron chi connectivity index (χ4n) is 3.04. The summed E-state index contributed by atoms with van der Waals surface area (Å²) in [4.78, 5) is 12.6. The SMILES string of the molecule is C/C(=C\C(=N/O)c1ccc(C(=O)Nc2ccccc2)c(C)c1)c1cc(Cl)cc(Cl)c1. The molecule has 0 aromatic heterocycles. The van der Waals surface area contributed by atoms with E-state index in [1.807, 2.05) is 50.2 Å². The summed E-state index contributed by atoms with van der Waals surface area (Å²) in [5.41, 5.74) is 4.73. The molecule has 0 aliphatic heterocycles. The lowest BCUT2D eigenvalue weighted by Crippen LogP contribution is -2.14. The van der Waals surface area contributed by atoms with Crippen molar-refractivity contribution in [2.24, 2.45) is 5.16 Å². The zero-order chi connectivity index (χ0) is 21.7. The lowest BCUT2D eigenvalue weighted by Gasteiger charge is -2.10. The van der Waals surface area contributed by atoms with E-state index in [4.69, 9.17) is 23.2 Å². The number of carbonyl (C=O) groups is 1. The van der Waals surface area contributed by atoms with Crippen molar-refractivity contribution in [3.63, 3.8) is 0 Å². The zero-order valence-electron chi connectivity index (χ0n) is 16.5. The number of anilines is 1. The Kier molecular flexibility index (Phi) is 6.93. The number of oxime groups is 1. The maximum absolute atomic E-state index is 12.6. The van der Waals surface area contributed by atoms with Crippen LogP contribution in [0.25, 0.3) is 5.57 Å². The highest BCUT2D eigenvalue weighted by atomic mass is 35.5. The second-order valence-corrected chi connectivity index (χ2v) is 7.69. The van der Waals surface area contributed by atoms with Crippen LogP contribution >= 0.6 is 23.2 Å². The fraction of sp³-hybridized carbons (Fsp3) is 0.0833. The number of rotatable bonds is 5. The number of halogens is 2. The summed E-state index contributed by atoms with van der Waals surface area (Å²) in [6.45, 7) is 3.72. The minimum atomic E-state index is -0.201. The molecular weight excluding hydrogens is 419 g/mol. The summed E-state index contributed by atoms with van der Waals surface area (Å²) in [6, 6.07) is 19.8. The minimum Gasteiger partial charge on any atom is -0.410 e. The van der Waals surface area contributed by atoms with Crippen LogP contribution in [0.2, 0.25) is 10.0 Å². The second-order valence-electron chi connectivity index (χ2n) is 6.82. The van der Waals surface area contributed by atoms with Gasteiger partial charge >= 0.3 is 0 Å². The van der Waals surface area contributed by atoms with Crippen LogP contribution in [0.4, 0.5) is 5.69 Å². The van der Waals surface area contributed by atoms with Gasteiger partial charge in [-0.2, -0.15) is 0 Å². The number of hydrogen-bond donors (Lipinski definition) is 2. The molecule has 2 N–H and O–H groups in total. The van der Waals surface area contributed by atoms with Gasteiger partial charge in [0, 0.05) is 26.9 Å². The molecule has 0 unspecified atom stereocenters. The highest BCUT2D eigenvalue weighted by Gasteiger charge is 2.12. The molecular formula is C24H20Cl2N2O2. The topological polar surface area (TPSA) is 61.7 Å². The summed E-state index contributed by atoms with van der Waals surface area (Å²) in [6.07, 6.45) is 1.74. The van der Waals surface area contributed by atoms with E-state index in [9.17, 15) is 10.0 Å². The maximum atomic E-state index is 12.6. The summed E-state index contributed by atoms with van der Waals surface area (Å²) < 4.78 is 0. The third kappa shape index (κ3) is 5.29. The standard InChI is InChI=1S/C24H20Cl2N2O2/c1-15(18-12-19(25)14-20(26)13-18)11-23(28-30)17-8-9-22(16(2)10-17)24(29)27-21-6-4-3-5-7-21/h3-14,30H,1-2H3,(H,27,29)/b15-11+,28-23+. The van der Waals surface area contributed by atoms with Gasteiger partial charge in [0.05, 0.1) is 0 Å². The first-order valence-corrected chi connectivity index (χ1v) is 9.97. The molecule has 0 saturated heterocycles. The van der Waals surface area contributed by atoms with Gasteiger partial charge in [0.1, 0.15) is 5.71 Å². The molecule has 0 bridgehead atoms. The van der Waals surface area contributed by atoms with E-state index in [1.165, 1.54) is 0 Å². The van der Waals surface area contributed by atoms with E-state index in [0.29, 0.717) is 26.9 Å². The van der Waals surface area contributed by atoms with Gasteiger partial charge in [0.2, 0.25) is 0 Å². The van der Waals surface area contributed by atoms with Crippen LogP contribution in [0.1, 0.15) is 34.0 Å². The Bertz CT molecular complexity index is 1120. The predicted octanol–water partition coefficient (Wildman–Crippen LogP) is 6.84. The van der Waals surface area contributed by atoms with Gasteiger partial charge in [0.15, 0.2) is 0 Å². The summed E-state index contributed by atoms with van der Waals surface area (Å²) in [7, 11) is 0. The minimum absolute atomic E-state index is 0.201. The van der Waals surface area contributed by atoms with E-state index in [-0.39, 0.29) is 5.91 Å². The Morgan fingerprint density at radius 1 is 0.967 bits per heavy atom. The lowest BCUT2D eigenvalue weighted by atomic mass is 9.99. The number of benzene rings is 3. The molecule has 0 radical (unpaired) electrons. The van der Waals surface area contributed by atoms with Crippen molar-refractivity contribution >= 4 is 46.1 Å². The molecule has 30 heavy (non-hydrogen) atoms. The number of allylic oxidation sites excluding steroid dienone is 2. The van der Waals surface area contributed by atoms with Crippen LogP contribution < -0.4 is 5.32 Å². The number of hydrogen-bond acceptors (Lipinski definition) is 3. The van der Waals surface area contributed by atoms with Crippen LogP contribution in [-0.2, 0) is 0 Å². The smallest absolute Gasteiger partial charge is 0.255 e. The molecule has 3 rings (SSSR count). The van der Waals surface area contributed by atoms with Crippen LogP contribution in [-0.4, -0.2) is 16.8 Å². The normalized spacial score (nSPS) is 12.0. The molecule has 0 atom stereocenters. The van der Waals surface area contributed by atoms with Gasteiger partial charge in [-0.15, -0.1) is 0 Å². The first kappa shape index (κ1) is 21.6. The number of para-hydroxylation sites is 1. The van der Waals surface area contributed by atoms with Gasteiger partial charge in [-0.1, -0.05) is 52.6 Å². The Balaban J connectivity index is 1.85. The van der Waals surface area contributed by atoms with Gasteiger partial charge in [-0.3, -0.25) is 4.79 Å². The number of carbonyl (C=O) groups excluding carboxylic acids is 1. The Morgan fingerprint density at radius 2 is 1.63 bits per heavy atom. The second kappa shape index (κ2) is 9.61. The van der Waals surface area contributed by atoms with E-state index < -0.39 is 0 Å². The van der Waals surface area contributed by atoms with Gasteiger partial charge in [-0.05, 0) is 79.1 Å². The molecule has 3 aromatic carbocycles. The van der Waals surface area contributed by atoms with Crippen molar-refractivity contribution in [3.8, 4) is 0 Å². The average Bonchev–Trinajstić information content (AvgIpc) is 2.71. The van der Waals surface area contributed by atoms with Crippen molar-refractivity contribution in [1.82, 2.24) is 0 Å². The Hall–Kier alpha value is -3.08. The fourth-order valence-corrected chi connectivity index (χ4v) is 3.56. The molecule has 0 saturated carbocycles. The third-order valence-corrected chi connectivity index (χ3v) is 5.01. The number of amides is 1. The quantitative estimate of drug-likeness (QED) is 0.260. The molecule has 152 valence electrons. The number of nitrogens with zero attached hydrogens (tertiary/aromatic N) is 1. The van der Waals surface area contributed by atoms with Crippen LogP contribution in [0.3, 0.4) is 0 Å². The molecule has 0 aliphatic carbocycles. The molecule has 0 fully saturated rings. The number of nitrogens with one attached hydrogen (secondary N) is 1. The molecule has 3 aromatic rings. The van der Waals surface area contributed by atoms with Crippen LogP contribution in [0.15, 0.2) is 78.0 Å². The number of aryl methyl sites for hydroxylation is 1. The highest BCUT2D eigenvalue weighted by Crippen LogP contribution is 2.25. The van der Waals surface area contributed by atoms with E-state index >= 15 is 0 Å². The first-order valence-electron chi connectivity index (χ1n) is 9.21. The Labute approximate surface area is 185 Å². The van der Waals surface area contributed by atoms with Crippen molar-refractivity contribution < 1.29 is 10.0 Å². The van der Waals surface area contributed by atoms with Crippen LogP contribution in [0.5, 0.6) is 0 Å². The van der Waals surface area contributed by atoms with Crippen molar-refractivity contribution in [2.45, 2.75) is 13.8 Å². The van der Waals surface area contributed by atoms with E-state index in [0.717, 1.165) is 22.4 Å². The summed E-state index contributed by atoms with van der Waals surface area (Å²) >= 11 is 12.2. The molecule has 0 heterocycles. The van der Waals surface area contributed by atoms with Crippen molar-refractivity contribution in [1.29, 1.82) is 0 Å². The highest BCUT2D eigenvalue weighted by molar-refractivity contribution is 6.35. The third-order valence-electron chi connectivity index (χ3n) is 4.58. The summed E-state index contributed by atoms with van der Waals surface area (Å²) in [5, 5.41) is 16.9. The maximum Gasteiger partial charge on any atom is 0.255 e. The average molecular weight is 439 g/mol. The van der Waals surface area contributed by atoms with E-state index in [2.05, 4.69) is 10.5 Å². The van der Waals surface area contributed by atoms with Crippen molar-refractivity contribution in [2.75, 3.05) is 5.32 Å². The monoisotopic (exact) mass is 438 g/mol. The summed E-state index contributed by atoms with van der Waals surface area (Å²) in [5.74, 6) is -0.201. The largest absolute Gasteiger partial charge is 0.410 e. The van der Waals surface area contributed by atoms with Crippen LogP contribution in [0, 0.1) is 6.92 Å². The van der Waals surface area contributed by atoms with E-state index in [1.54, 1.807) is 36.4 Å². The molecule has 6 heteroatoms. The van der Waals surface area contributed by atoms with Crippen molar-refractivity contribution in [3.05, 3.63) is 105 Å². The molecule has 1 amide bonds. The molecule has 0 aliphatic rings. The lowest BCUT2D eigenvalue weighted by molar-refractivity contribution is 0.102. The van der Waals surface area contributed by atoms with Gasteiger partial charge < -0.3 is 10.5 Å². The predicted molar refractivity (Wildman–Crippen MR) is 124 cm³/mol. The Morgan fingerprint density at radius 3 is 2.23 bits per heavy atom. The zero-order valence-corrected chi connectivity index (χ0v) is 18.0. The van der Waals surface area contributed by atoms with Gasteiger partial charge in [0.25, 0.3) is 5.91 Å². The van der Waals surface area contributed by atoms with Gasteiger partial charge in [-0.25, -0.2) is 0 Å².